The van der Waals surface area contributed by atoms with Gasteiger partial charge in [0.25, 0.3) is 0 Å². The average molecular weight is 328 g/mol. The van der Waals surface area contributed by atoms with E-state index in [1.807, 2.05) is 36.4 Å². The summed E-state index contributed by atoms with van der Waals surface area (Å²) in [5, 5.41) is 4.32. The van der Waals surface area contributed by atoms with Crippen molar-refractivity contribution >= 4 is 39.0 Å². The fraction of sp³-hybridized carbons (Fsp3) is 0.133. The van der Waals surface area contributed by atoms with Crippen LogP contribution in [0.1, 0.15) is 0 Å². The van der Waals surface area contributed by atoms with E-state index >= 15 is 0 Å². The van der Waals surface area contributed by atoms with Crippen LogP contribution in [0.15, 0.2) is 57.8 Å². The molecule has 5 nitrogen and oxygen atoms in total. The molecule has 0 aliphatic carbocycles. The van der Waals surface area contributed by atoms with Gasteiger partial charge >= 0.3 is 5.69 Å². The highest BCUT2D eigenvalue weighted by Crippen LogP contribution is 2.29. The molecule has 0 bridgehead atoms. The zero-order chi connectivity index (χ0) is 14.9. The molecule has 0 N–H and O–H groups in total. The van der Waals surface area contributed by atoms with Crippen LogP contribution >= 0.6 is 23.1 Å². The zero-order valence-corrected chi connectivity index (χ0v) is 13.2. The van der Waals surface area contributed by atoms with Gasteiger partial charge in [-0.2, -0.15) is 0 Å². The first-order chi connectivity index (χ1) is 10.8. The number of thiazole rings is 1. The lowest BCUT2D eigenvalue weighted by atomic mass is 10.3. The number of aromatic nitrogens is 4. The van der Waals surface area contributed by atoms with Gasteiger partial charge in [0.15, 0.2) is 9.99 Å². The Kier molecular flexibility index (Phi) is 3.44. The number of fused-ring (bicyclic) bond motifs is 2. The molecule has 0 spiro atoms. The molecule has 0 fully saturated rings. The largest absolute Gasteiger partial charge is 0.350 e. The predicted octanol–water partition coefficient (Wildman–Crippen LogP) is 2.90. The zero-order valence-electron chi connectivity index (χ0n) is 11.5. The van der Waals surface area contributed by atoms with Crippen molar-refractivity contribution < 1.29 is 0 Å². The van der Waals surface area contributed by atoms with Crippen molar-refractivity contribution in [2.45, 2.75) is 10.9 Å². The highest BCUT2D eigenvalue weighted by atomic mass is 32.2. The number of nitrogens with zero attached hydrogens (tertiary/aromatic N) is 4. The molecule has 1 aromatic carbocycles. The van der Waals surface area contributed by atoms with E-state index in [1.54, 1.807) is 33.7 Å². The molecule has 0 atom stereocenters. The predicted molar refractivity (Wildman–Crippen MR) is 89.8 cm³/mol. The Balaban J connectivity index is 1.50. The third kappa shape index (κ3) is 2.42. The molecule has 0 amide bonds. The minimum Gasteiger partial charge on any atom is -0.250 e. The van der Waals surface area contributed by atoms with Crippen molar-refractivity contribution in [3.8, 4) is 0 Å². The Hall–Kier alpha value is -2.12. The Morgan fingerprint density at radius 3 is 2.86 bits per heavy atom. The number of thioether (sulfide) groups is 1. The molecule has 7 heteroatoms. The second-order valence-corrected chi connectivity index (χ2v) is 7.10. The summed E-state index contributed by atoms with van der Waals surface area (Å²) in [6, 6.07) is 13.6. The molecule has 110 valence electrons. The number of pyridine rings is 1. The molecule has 4 aromatic rings. The molecule has 0 radical (unpaired) electrons. The van der Waals surface area contributed by atoms with Crippen LogP contribution in [0.25, 0.3) is 15.9 Å². The maximum absolute atomic E-state index is 12.2. The van der Waals surface area contributed by atoms with E-state index in [2.05, 4.69) is 16.1 Å². The van der Waals surface area contributed by atoms with Gasteiger partial charge in [0.05, 0.1) is 16.8 Å². The van der Waals surface area contributed by atoms with Crippen molar-refractivity contribution in [1.29, 1.82) is 0 Å². The van der Waals surface area contributed by atoms with Gasteiger partial charge in [-0.05, 0) is 24.3 Å². The first-order valence-electron chi connectivity index (χ1n) is 6.84. The molecular formula is C15H12N4OS2. The van der Waals surface area contributed by atoms with Gasteiger partial charge in [-0.25, -0.2) is 14.5 Å². The molecule has 0 saturated carbocycles. The Morgan fingerprint density at radius 2 is 2.00 bits per heavy atom. The highest BCUT2D eigenvalue weighted by molar-refractivity contribution is 8.01. The standard InChI is InChI=1S/C15H12N4OS2/c20-15-18-8-4-3-7-13(18)17-19(15)9-10-21-14-16-11-5-1-2-6-12(11)22-14/h1-8H,9-10H2. The lowest BCUT2D eigenvalue weighted by Crippen LogP contribution is -2.21. The Morgan fingerprint density at radius 1 is 1.14 bits per heavy atom. The van der Waals surface area contributed by atoms with Gasteiger partial charge < -0.3 is 0 Å². The molecule has 0 aliphatic heterocycles. The lowest BCUT2D eigenvalue weighted by molar-refractivity contribution is 0.639. The molecule has 0 saturated heterocycles. The number of para-hydroxylation sites is 1. The Bertz CT molecular complexity index is 968. The third-order valence-corrected chi connectivity index (χ3v) is 5.45. The quantitative estimate of drug-likeness (QED) is 0.541. The molecule has 3 heterocycles. The fourth-order valence-corrected chi connectivity index (χ4v) is 4.30. The van der Waals surface area contributed by atoms with Crippen LogP contribution in [0.5, 0.6) is 0 Å². The van der Waals surface area contributed by atoms with E-state index < -0.39 is 0 Å². The summed E-state index contributed by atoms with van der Waals surface area (Å²) in [5.74, 6) is 0.767. The van der Waals surface area contributed by atoms with Crippen LogP contribution in [0.2, 0.25) is 0 Å². The molecule has 3 aromatic heterocycles. The number of benzene rings is 1. The minimum absolute atomic E-state index is 0.0968. The topological polar surface area (TPSA) is 52.2 Å². The maximum atomic E-state index is 12.2. The van der Waals surface area contributed by atoms with Crippen molar-refractivity contribution in [3.05, 3.63) is 59.1 Å². The van der Waals surface area contributed by atoms with Crippen LogP contribution < -0.4 is 5.69 Å². The smallest absolute Gasteiger partial charge is 0.250 e. The van der Waals surface area contributed by atoms with E-state index in [0.29, 0.717) is 12.2 Å². The first-order valence-corrected chi connectivity index (χ1v) is 8.64. The maximum Gasteiger partial charge on any atom is 0.350 e. The second kappa shape index (κ2) is 5.58. The minimum atomic E-state index is -0.0968. The van der Waals surface area contributed by atoms with Gasteiger partial charge in [0.1, 0.15) is 0 Å². The van der Waals surface area contributed by atoms with E-state index in [0.717, 1.165) is 15.6 Å². The van der Waals surface area contributed by atoms with Crippen molar-refractivity contribution in [2.75, 3.05) is 5.75 Å². The normalized spacial score (nSPS) is 11.5. The van der Waals surface area contributed by atoms with Crippen molar-refractivity contribution in [2.24, 2.45) is 0 Å². The fourth-order valence-electron chi connectivity index (χ4n) is 2.25. The third-order valence-electron chi connectivity index (χ3n) is 3.29. The summed E-state index contributed by atoms with van der Waals surface area (Å²) in [5.41, 5.74) is 1.61. The summed E-state index contributed by atoms with van der Waals surface area (Å²) >= 11 is 3.34. The van der Waals surface area contributed by atoms with Crippen LogP contribution in [0.4, 0.5) is 0 Å². The van der Waals surface area contributed by atoms with Crippen LogP contribution in [0, 0.1) is 0 Å². The van der Waals surface area contributed by atoms with E-state index in [1.165, 1.54) is 9.38 Å². The van der Waals surface area contributed by atoms with Gasteiger partial charge in [0, 0.05) is 11.9 Å². The average Bonchev–Trinajstić information content (AvgIpc) is 3.09. The van der Waals surface area contributed by atoms with Gasteiger partial charge in [-0.1, -0.05) is 30.0 Å². The summed E-state index contributed by atoms with van der Waals surface area (Å²) in [7, 11) is 0. The van der Waals surface area contributed by atoms with Crippen LogP contribution in [0.3, 0.4) is 0 Å². The van der Waals surface area contributed by atoms with Crippen molar-refractivity contribution in [3.63, 3.8) is 0 Å². The summed E-state index contributed by atoms with van der Waals surface area (Å²) < 4.78 is 5.28. The van der Waals surface area contributed by atoms with E-state index in [-0.39, 0.29) is 5.69 Å². The number of aryl methyl sites for hydroxylation is 1. The summed E-state index contributed by atoms with van der Waals surface area (Å²) in [6.07, 6.45) is 1.74. The lowest BCUT2D eigenvalue weighted by Gasteiger charge is -1.96. The van der Waals surface area contributed by atoms with Gasteiger partial charge in [0.2, 0.25) is 0 Å². The van der Waals surface area contributed by atoms with Gasteiger partial charge in [-0.3, -0.25) is 4.40 Å². The second-order valence-electron chi connectivity index (χ2n) is 4.73. The number of hydrogen-bond donors (Lipinski definition) is 0. The molecule has 4 rings (SSSR count). The van der Waals surface area contributed by atoms with Crippen LogP contribution in [-0.2, 0) is 6.54 Å². The SMILES string of the molecule is O=c1n(CCSc2nc3ccccc3s2)nc2ccccn12. The molecule has 0 aliphatic rings. The molecule has 0 unspecified atom stereocenters. The van der Waals surface area contributed by atoms with Crippen molar-refractivity contribution in [1.82, 2.24) is 19.2 Å². The first kappa shape index (κ1) is 13.5. The number of hydrogen-bond acceptors (Lipinski definition) is 5. The monoisotopic (exact) mass is 328 g/mol. The van der Waals surface area contributed by atoms with Gasteiger partial charge in [-0.15, -0.1) is 16.4 Å². The van der Waals surface area contributed by atoms with E-state index in [9.17, 15) is 4.79 Å². The Labute approximate surface area is 134 Å². The summed E-state index contributed by atoms with van der Waals surface area (Å²) in [6.45, 7) is 0.571. The van der Waals surface area contributed by atoms with Crippen LogP contribution in [-0.4, -0.2) is 24.9 Å². The number of rotatable bonds is 4. The highest BCUT2D eigenvalue weighted by Gasteiger charge is 2.07. The molecule has 22 heavy (non-hydrogen) atoms. The summed E-state index contributed by atoms with van der Waals surface area (Å²) in [4.78, 5) is 16.7. The molecular weight excluding hydrogens is 316 g/mol. The van der Waals surface area contributed by atoms with E-state index in [4.69, 9.17) is 0 Å².